The molecule has 4 nitrogen and oxygen atoms in total. The van der Waals surface area contributed by atoms with E-state index < -0.39 is 23.7 Å². The lowest BCUT2D eigenvalue weighted by molar-refractivity contribution is -0.137. The Labute approximate surface area is 134 Å². The predicted octanol–water partition coefficient (Wildman–Crippen LogP) is 3.41. The fourth-order valence-corrected chi connectivity index (χ4v) is 2.20. The van der Waals surface area contributed by atoms with Gasteiger partial charge in [0.05, 0.1) is 25.9 Å². The minimum absolute atomic E-state index is 0.0565. The summed E-state index contributed by atoms with van der Waals surface area (Å²) >= 11 is 0. The first-order valence-corrected chi connectivity index (χ1v) is 7.62. The zero-order chi connectivity index (χ0) is 16.8. The Morgan fingerprint density at radius 1 is 1.43 bits per heavy atom. The smallest absolute Gasteiger partial charge is 0.330 e. The number of halogens is 2. The number of hydrogen-bond acceptors (Lipinski definition) is 4. The maximum Gasteiger partial charge on any atom is 0.330 e. The Bertz CT molecular complexity index is 582. The van der Waals surface area contributed by atoms with Gasteiger partial charge in [0.1, 0.15) is 17.7 Å². The Morgan fingerprint density at radius 3 is 2.78 bits per heavy atom. The third-order valence-electron chi connectivity index (χ3n) is 3.40. The van der Waals surface area contributed by atoms with Gasteiger partial charge in [-0.25, -0.2) is 13.6 Å². The minimum atomic E-state index is -0.745. The van der Waals surface area contributed by atoms with Gasteiger partial charge in [0.15, 0.2) is 0 Å². The Hall–Kier alpha value is -1.79. The highest BCUT2D eigenvalue weighted by molar-refractivity contribution is 5.87. The molecular weight excluding hydrogens is 306 g/mol. The van der Waals surface area contributed by atoms with Crippen molar-refractivity contribution in [2.75, 3.05) is 19.8 Å². The summed E-state index contributed by atoms with van der Waals surface area (Å²) < 4.78 is 43.3. The molecule has 2 rings (SSSR count). The van der Waals surface area contributed by atoms with Crippen LogP contribution in [0.3, 0.4) is 0 Å². The number of carbonyl (C=O) groups excluding carboxylic acids is 1. The fourth-order valence-electron chi connectivity index (χ4n) is 2.20. The van der Waals surface area contributed by atoms with E-state index in [9.17, 15) is 13.6 Å². The lowest BCUT2D eigenvalue weighted by Crippen LogP contribution is -2.11. The van der Waals surface area contributed by atoms with Crippen LogP contribution in [0.25, 0.3) is 6.08 Å². The van der Waals surface area contributed by atoms with Gasteiger partial charge in [-0.15, -0.1) is 0 Å². The SMILES string of the molecule is CCOC(=O)C=Cc1c(F)cc(F)cc1[C@@H](CC)OCC1CO1. The van der Waals surface area contributed by atoms with Gasteiger partial charge in [0.2, 0.25) is 0 Å². The second-order valence-electron chi connectivity index (χ2n) is 5.16. The van der Waals surface area contributed by atoms with Crippen molar-refractivity contribution in [1.29, 1.82) is 0 Å². The third-order valence-corrected chi connectivity index (χ3v) is 3.40. The van der Waals surface area contributed by atoms with E-state index in [1.54, 1.807) is 6.92 Å². The molecule has 0 radical (unpaired) electrons. The normalized spacial score (nSPS) is 18.2. The van der Waals surface area contributed by atoms with Gasteiger partial charge < -0.3 is 14.2 Å². The minimum Gasteiger partial charge on any atom is -0.463 e. The molecule has 0 spiro atoms. The van der Waals surface area contributed by atoms with Crippen LogP contribution in [0.5, 0.6) is 0 Å². The summed E-state index contributed by atoms with van der Waals surface area (Å²) in [4.78, 5) is 11.4. The molecule has 0 aliphatic carbocycles. The summed E-state index contributed by atoms with van der Waals surface area (Å²) in [5.41, 5.74) is 0.495. The number of ether oxygens (including phenoxy) is 3. The molecule has 1 aromatic rings. The van der Waals surface area contributed by atoms with Crippen LogP contribution in [0.15, 0.2) is 18.2 Å². The van der Waals surface area contributed by atoms with E-state index in [2.05, 4.69) is 0 Å². The van der Waals surface area contributed by atoms with Gasteiger partial charge in [-0.1, -0.05) is 6.92 Å². The van der Waals surface area contributed by atoms with E-state index in [-0.39, 0.29) is 18.3 Å². The summed E-state index contributed by atoms with van der Waals surface area (Å²) in [5, 5.41) is 0. The van der Waals surface area contributed by atoms with Crippen LogP contribution in [0.1, 0.15) is 37.5 Å². The maximum atomic E-state index is 14.1. The van der Waals surface area contributed by atoms with E-state index in [1.165, 1.54) is 12.1 Å². The van der Waals surface area contributed by atoms with Crippen LogP contribution >= 0.6 is 0 Å². The molecular formula is C17H20F2O4. The number of benzene rings is 1. The first kappa shape index (κ1) is 17.6. The van der Waals surface area contributed by atoms with Gasteiger partial charge >= 0.3 is 5.97 Å². The van der Waals surface area contributed by atoms with Crippen LogP contribution in [-0.2, 0) is 19.0 Å². The molecule has 0 saturated carbocycles. The summed E-state index contributed by atoms with van der Waals surface area (Å²) in [7, 11) is 0. The van der Waals surface area contributed by atoms with E-state index >= 15 is 0 Å². The number of rotatable bonds is 8. The average molecular weight is 326 g/mol. The maximum absolute atomic E-state index is 14.1. The first-order valence-electron chi connectivity index (χ1n) is 7.62. The molecule has 1 aliphatic heterocycles. The molecule has 0 aromatic heterocycles. The highest BCUT2D eigenvalue weighted by Gasteiger charge is 2.25. The van der Waals surface area contributed by atoms with Gasteiger partial charge in [-0.05, 0) is 31.1 Å². The van der Waals surface area contributed by atoms with Gasteiger partial charge in [-0.3, -0.25) is 0 Å². The molecule has 1 aromatic carbocycles. The monoisotopic (exact) mass is 326 g/mol. The van der Waals surface area contributed by atoms with Crippen molar-refractivity contribution in [2.24, 2.45) is 0 Å². The van der Waals surface area contributed by atoms with Crippen molar-refractivity contribution >= 4 is 12.0 Å². The molecule has 1 saturated heterocycles. The summed E-state index contributed by atoms with van der Waals surface area (Å²) in [6.07, 6.45) is 2.53. The highest BCUT2D eigenvalue weighted by atomic mass is 19.1. The summed E-state index contributed by atoms with van der Waals surface area (Å²) in [5.74, 6) is -2.01. The molecule has 2 atom stereocenters. The molecule has 1 aliphatic rings. The predicted molar refractivity (Wildman–Crippen MR) is 80.7 cm³/mol. The average Bonchev–Trinajstić information content (AvgIpc) is 3.31. The number of epoxide rings is 1. The van der Waals surface area contributed by atoms with Gasteiger partial charge in [0.25, 0.3) is 0 Å². The lowest BCUT2D eigenvalue weighted by atomic mass is 9.99. The van der Waals surface area contributed by atoms with E-state index in [0.717, 1.165) is 12.1 Å². The molecule has 0 amide bonds. The Kier molecular flexibility index (Phi) is 6.24. The molecule has 0 bridgehead atoms. The largest absolute Gasteiger partial charge is 0.463 e. The first-order chi connectivity index (χ1) is 11.0. The van der Waals surface area contributed by atoms with Crippen molar-refractivity contribution in [2.45, 2.75) is 32.5 Å². The molecule has 126 valence electrons. The van der Waals surface area contributed by atoms with Gasteiger partial charge in [0, 0.05) is 17.7 Å². The summed E-state index contributed by atoms with van der Waals surface area (Å²) in [6, 6.07) is 2.01. The highest BCUT2D eigenvalue weighted by Crippen LogP contribution is 2.29. The zero-order valence-corrected chi connectivity index (χ0v) is 13.2. The third kappa shape index (κ3) is 5.11. The van der Waals surface area contributed by atoms with Crippen LogP contribution in [0.2, 0.25) is 0 Å². The molecule has 23 heavy (non-hydrogen) atoms. The number of carbonyl (C=O) groups is 1. The van der Waals surface area contributed by atoms with E-state index in [0.29, 0.717) is 25.2 Å². The molecule has 1 unspecified atom stereocenters. The molecule has 6 heteroatoms. The second kappa shape index (κ2) is 8.17. The van der Waals surface area contributed by atoms with E-state index in [4.69, 9.17) is 14.2 Å². The topological polar surface area (TPSA) is 48.1 Å². The van der Waals surface area contributed by atoms with Crippen molar-refractivity contribution < 1.29 is 27.8 Å². The van der Waals surface area contributed by atoms with Crippen molar-refractivity contribution in [3.8, 4) is 0 Å². The van der Waals surface area contributed by atoms with Crippen LogP contribution < -0.4 is 0 Å². The van der Waals surface area contributed by atoms with Crippen LogP contribution in [-0.4, -0.2) is 31.9 Å². The molecule has 1 fully saturated rings. The van der Waals surface area contributed by atoms with Crippen LogP contribution in [0, 0.1) is 11.6 Å². The van der Waals surface area contributed by atoms with E-state index in [1.807, 2.05) is 6.92 Å². The fraction of sp³-hybridized carbons (Fsp3) is 0.471. The summed E-state index contributed by atoms with van der Waals surface area (Å²) in [6.45, 7) is 4.78. The van der Waals surface area contributed by atoms with Crippen molar-refractivity contribution in [1.82, 2.24) is 0 Å². The quantitative estimate of drug-likeness (QED) is 0.417. The Balaban J connectivity index is 2.25. The van der Waals surface area contributed by atoms with Gasteiger partial charge in [-0.2, -0.15) is 0 Å². The van der Waals surface area contributed by atoms with Crippen LogP contribution in [0.4, 0.5) is 8.78 Å². The molecule has 1 heterocycles. The second-order valence-corrected chi connectivity index (χ2v) is 5.16. The van der Waals surface area contributed by atoms with Crippen molar-refractivity contribution in [3.63, 3.8) is 0 Å². The van der Waals surface area contributed by atoms with Crippen molar-refractivity contribution in [3.05, 3.63) is 41.0 Å². The Morgan fingerprint density at radius 2 is 2.17 bits per heavy atom. The standard InChI is InChI=1S/C17H20F2O4/c1-3-16(23-10-12-9-22-12)14-7-11(18)8-15(19)13(14)5-6-17(20)21-4-2/h5-8,12,16H,3-4,9-10H2,1-2H3/t12?,16-/m1/s1. The lowest BCUT2D eigenvalue weighted by Gasteiger charge is -2.19. The molecule has 0 N–H and O–H groups in total. The number of hydrogen-bond donors (Lipinski definition) is 0. The zero-order valence-electron chi connectivity index (χ0n) is 13.2. The number of esters is 1.